The second kappa shape index (κ2) is 9.08. The van der Waals surface area contributed by atoms with Crippen molar-refractivity contribution in [3.8, 4) is 0 Å². The molecule has 1 heterocycles. The van der Waals surface area contributed by atoms with E-state index in [2.05, 4.69) is 38.0 Å². The Bertz CT molecular complexity index is 455. The highest BCUT2D eigenvalue weighted by molar-refractivity contribution is 14.0. The highest BCUT2D eigenvalue weighted by Gasteiger charge is 2.33. The third-order valence-corrected chi connectivity index (χ3v) is 5.05. The first kappa shape index (κ1) is 18.0. The number of halogens is 1. The van der Waals surface area contributed by atoms with Crippen LogP contribution in [0.1, 0.15) is 30.6 Å². The van der Waals surface area contributed by atoms with Crippen molar-refractivity contribution in [2.24, 2.45) is 10.9 Å². The average molecular weight is 434 g/mol. The zero-order valence-corrected chi connectivity index (χ0v) is 16.4. The lowest BCUT2D eigenvalue weighted by molar-refractivity contribution is 0.256. The fourth-order valence-electron chi connectivity index (χ4n) is 2.62. The van der Waals surface area contributed by atoms with Crippen LogP contribution in [0.5, 0.6) is 0 Å². The second-order valence-electron chi connectivity index (χ2n) is 6.10. The van der Waals surface area contributed by atoms with E-state index >= 15 is 0 Å². The van der Waals surface area contributed by atoms with Gasteiger partial charge < -0.3 is 10.6 Å². The van der Waals surface area contributed by atoms with Gasteiger partial charge in [0.15, 0.2) is 5.96 Å². The van der Waals surface area contributed by atoms with Gasteiger partial charge in [-0.1, -0.05) is 6.07 Å². The SMILES string of the molecule is CN=C(NCCN(CC1CC1)C1CC1)NCc1cccs1.I. The molecule has 2 aliphatic rings. The molecule has 0 saturated heterocycles. The standard InChI is InChI=1S/C16H26N4S.HI/c1-17-16(19-11-15-3-2-10-21-15)18-8-9-20(14-6-7-14)12-13-4-5-13;/h2-3,10,13-14H,4-9,11-12H2,1H3,(H2,17,18,19);1H. The van der Waals surface area contributed by atoms with Crippen molar-refractivity contribution >= 4 is 41.3 Å². The van der Waals surface area contributed by atoms with Crippen molar-refractivity contribution in [2.45, 2.75) is 38.3 Å². The van der Waals surface area contributed by atoms with Crippen LogP contribution < -0.4 is 10.6 Å². The maximum atomic E-state index is 4.30. The minimum atomic E-state index is 0. The summed E-state index contributed by atoms with van der Waals surface area (Å²) in [5, 5.41) is 8.92. The van der Waals surface area contributed by atoms with Gasteiger partial charge in [-0.15, -0.1) is 35.3 Å². The van der Waals surface area contributed by atoms with Crippen molar-refractivity contribution in [1.82, 2.24) is 15.5 Å². The molecule has 1 aromatic heterocycles. The molecule has 2 aliphatic carbocycles. The monoisotopic (exact) mass is 434 g/mol. The molecule has 0 radical (unpaired) electrons. The van der Waals surface area contributed by atoms with Crippen molar-refractivity contribution in [3.05, 3.63) is 22.4 Å². The van der Waals surface area contributed by atoms with Crippen LogP contribution in [0.3, 0.4) is 0 Å². The smallest absolute Gasteiger partial charge is 0.191 e. The lowest BCUT2D eigenvalue weighted by atomic mass is 10.3. The summed E-state index contributed by atoms with van der Waals surface area (Å²) in [6, 6.07) is 5.10. The first-order valence-electron chi connectivity index (χ1n) is 8.06. The minimum absolute atomic E-state index is 0. The molecule has 4 nitrogen and oxygen atoms in total. The lowest BCUT2D eigenvalue weighted by Gasteiger charge is -2.22. The van der Waals surface area contributed by atoms with Crippen LogP contribution in [0.2, 0.25) is 0 Å². The number of hydrogen-bond donors (Lipinski definition) is 2. The number of aliphatic imine (C=N–C) groups is 1. The molecule has 0 aromatic carbocycles. The third kappa shape index (κ3) is 6.04. The van der Waals surface area contributed by atoms with Gasteiger partial charge in [0, 0.05) is 37.6 Å². The molecular formula is C16H27IN4S. The Morgan fingerprint density at radius 1 is 1.32 bits per heavy atom. The number of guanidine groups is 1. The van der Waals surface area contributed by atoms with E-state index in [1.165, 1.54) is 37.1 Å². The molecule has 0 aliphatic heterocycles. The van der Waals surface area contributed by atoms with Gasteiger partial charge in [-0.3, -0.25) is 9.89 Å². The van der Waals surface area contributed by atoms with Gasteiger partial charge in [-0.2, -0.15) is 0 Å². The largest absolute Gasteiger partial charge is 0.355 e. The molecule has 0 bridgehead atoms. The Balaban J connectivity index is 0.00000176. The number of nitrogens with one attached hydrogen (secondary N) is 2. The highest BCUT2D eigenvalue weighted by atomic mass is 127. The molecule has 124 valence electrons. The van der Waals surface area contributed by atoms with E-state index in [9.17, 15) is 0 Å². The zero-order chi connectivity index (χ0) is 14.5. The van der Waals surface area contributed by atoms with E-state index in [-0.39, 0.29) is 24.0 Å². The molecule has 6 heteroatoms. The summed E-state index contributed by atoms with van der Waals surface area (Å²) in [5.41, 5.74) is 0. The summed E-state index contributed by atoms with van der Waals surface area (Å²) in [4.78, 5) is 8.32. The molecule has 22 heavy (non-hydrogen) atoms. The van der Waals surface area contributed by atoms with Crippen molar-refractivity contribution in [2.75, 3.05) is 26.7 Å². The highest BCUT2D eigenvalue weighted by Crippen LogP contribution is 2.34. The molecule has 2 fully saturated rings. The van der Waals surface area contributed by atoms with E-state index < -0.39 is 0 Å². The molecule has 0 unspecified atom stereocenters. The molecule has 2 N–H and O–H groups in total. The van der Waals surface area contributed by atoms with Gasteiger partial charge in [0.1, 0.15) is 0 Å². The van der Waals surface area contributed by atoms with E-state index in [4.69, 9.17) is 0 Å². The number of rotatable bonds is 8. The third-order valence-electron chi connectivity index (χ3n) is 4.18. The summed E-state index contributed by atoms with van der Waals surface area (Å²) in [7, 11) is 1.84. The molecule has 0 atom stereocenters. The van der Waals surface area contributed by atoms with Crippen LogP contribution in [0.25, 0.3) is 0 Å². The van der Waals surface area contributed by atoms with Crippen LogP contribution in [0.15, 0.2) is 22.5 Å². The Kier molecular flexibility index (Phi) is 7.43. The summed E-state index contributed by atoms with van der Waals surface area (Å²) in [6.07, 6.45) is 5.69. The molecule has 0 spiro atoms. The summed E-state index contributed by atoms with van der Waals surface area (Å²) in [6.45, 7) is 4.29. The molecule has 2 saturated carbocycles. The Morgan fingerprint density at radius 3 is 2.73 bits per heavy atom. The summed E-state index contributed by atoms with van der Waals surface area (Å²) >= 11 is 1.78. The first-order valence-corrected chi connectivity index (χ1v) is 8.94. The van der Waals surface area contributed by atoms with Crippen LogP contribution in [-0.2, 0) is 6.54 Å². The van der Waals surface area contributed by atoms with Crippen molar-refractivity contribution in [1.29, 1.82) is 0 Å². The lowest BCUT2D eigenvalue weighted by Crippen LogP contribution is -2.42. The second-order valence-corrected chi connectivity index (χ2v) is 7.13. The Hall–Kier alpha value is -0.340. The van der Waals surface area contributed by atoms with E-state index in [0.717, 1.165) is 37.6 Å². The van der Waals surface area contributed by atoms with Crippen molar-refractivity contribution in [3.63, 3.8) is 0 Å². The average Bonchev–Trinajstić information content (AvgIpc) is 3.42. The zero-order valence-electron chi connectivity index (χ0n) is 13.3. The van der Waals surface area contributed by atoms with E-state index in [1.54, 1.807) is 11.3 Å². The normalized spacial score (nSPS) is 18.2. The number of nitrogens with zero attached hydrogens (tertiary/aromatic N) is 2. The molecule has 0 amide bonds. The van der Waals surface area contributed by atoms with E-state index in [1.807, 2.05) is 7.05 Å². The first-order chi connectivity index (χ1) is 10.3. The summed E-state index contributed by atoms with van der Waals surface area (Å²) < 4.78 is 0. The van der Waals surface area contributed by atoms with Gasteiger partial charge >= 0.3 is 0 Å². The fourth-order valence-corrected chi connectivity index (χ4v) is 3.26. The van der Waals surface area contributed by atoms with Crippen LogP contribution >= 0.6 is 35.3 Å². The van der Waals surface area contributed by atoms with Crippen LogP contribution in [0, 0.1) is 5.92 Å². The maximum absolute atomic E-state index is 4.30. The van der Waals surface area contributed by atoms with Gasteiger partial charge in [0.05, 0.1) is 6.54 Å². The van der Waals surface area contributed by atoms with Gasteiger partial charge in [0.25, 0.3) is 0 Å². The fraction of sp³-hybridized carbons (Fsp3) is 0.688. The predicted molar refractivity (Wildman–Crippen MR) is 105 cm³/mol. The molecular weight excluding hydrogens is 407 g/mol. The minimum Gasteiger partial charge on any atom is -0.355 e. The molecule has 3 rings (SSSR count). The number of thiophene rings is 1. The predicted octanol–water partition coefficient (Wildman–Crippen LogP) is 2.91. The number of hydrogen-bond acceptors (Lipinski definition) is 3. The van der Waals surface area contributed by atoms with E-state index in [0.29, 0.717) is 0 Å². The van der Waals surface area contributed by atoms with Gasteiger partial charge in [-0.25, -0.2) is 0 Å². The Morgan fingerprint density at radius 2 is 2.14 bits per heavy atom. The Labute approximate surface area is 154 Å². The quantitative estimate of drug-likeness (QED) is 0.376. The molecule has 1 aromatic rings. The van der Waals surface area contributed by atoms with Crippen LogP contribution in [-0.4, -0.2) is 43.6 Å². The topological polar surface area (TPSA) is 39.7 Å². The van der Waals surface area contributed by atoms with Crippen molar-refractivity contribution < 1.29 is 0 Å². The van der Waals surface area contributed by atoms with Gasteiger partial charge in [0.2, 0.25) is 0 Å². The maximum Gasteiger partial charge on any atom is 0.191 e. The summed E-state index contributed by atoms with van der Waals surface area (Å²) in [5.74, 6) is 1.90. The van der Waals surface area contributed by atoms with Gasteiger partial charge in [-0.05, 0) is 43.0 Å². The van der Waals surface area contributed by atoms with Crippen LogP contribution in [0.4, 0.5) is 0 Å².